The van der Waals surface area contributed by atoms with Crippen LogP contribution in [0.5, 0.6) is 0 Å². The first-order chi connectivity index (χ1) is 3.00. The SMILES string of the molecule is [C]1=NCCOC1. The number of hydrogen-bond donors (Lipinski definition) is 0. The molecule has 0 aromatic carbocycles. The van der Waals surface area contributed by atoms with Gasteiger partial charge in [0.25, 0.3) is 0 Å². The summed E-state index contributed by atoms with van der Waals surface area (Å²) in [5.41, 5.74) is 0. The van der Waals surface area contributed by atoms with Gasteiger partial charge in [0.1, 0.15) is 0 Å². The molecule has 1 rings (SSSR count). The molecule has 33 valence electrons. The molecule has 0 saturated heterocycles. The molecule has 0 aromatic heterocycles. The summed E-state index contributed by atoms with van der Waals surface area (Å²) in [4.78, 5) is 3.80. The van der Waals surface area contributed by atoms with E-state index in [4.69, 9.17) is 4.74 Å². The van der Waals surface area contributed by atoms with E-state index in [1.54, 1.807) is 0 Å². The Morgan fingerprint density at radius 1 is 1.67 bits per heavy atom. The molecule has 1 aliphatic heterocycles. The molecule has 0 unspecified atom stereocenters. The third kappa shape index (κ3) is 0.792. The molecule has 0 amide bonds. The lowest BCUT2D eigenvalue weighted by Crippen LogP contribution is -2.06. The molecular formula is C4H6NO. The van der Waals surface area contributed by atoms with Crippen LogP contribution in [0.15, 0.2) is 4.99 Å². The zero-order valence-electron chi connectivity index (χ0n) is 3.48. The molecule has 1 aliphatic rings. The van der Waals surface area contributed by atoms with Crippen LogP contribution < -0.4 is 0 Å². The fraction of sp³-hybridized carbons (Fsp3) is 0.750. The zero-order chi connectivity index (χ0) is 4.24. The average Bonchev–Trinajstić information content (AvgIpc) is 1.72. The van der Waals surface area contributed by atoms with Crippen LogP contribution in [-0.2, 0) is 4.74 Å². The van der Waals surface area contributed by atoms with E-state index in [0.29, 0.717) is 6.61 Å². The van der Waals surface area contributed by atoms with Crippen LogP contribution >= 0.6 is 0 Å². The second-order valence-electron chi connectivity index (χ2n) is 1.09. The van der Waals surface area contributed by atoms with Gasteiger partial charge in [0.05, 0.1) is 26.0 Å². The van der Waals surface area contributed by atoms with Crippen LogP contribution in [0.2, 0.25) is 0 Å². The topological polar surface area (TPSA) is 21.6 Å². The highest BCUT2D eigenvalue weighted by molar-refractivity contribution is 5.58. The molecule has 6 heavy (non-hydrogen) atoms. The van der Waals surface area contributed by atoms with Crippen molar-refractivity contribution in [3.05, 3.63) is 0 Å². The highest BCUT2D eigenvalue weighted by Gasteiger charge is 1.87. The van der Waals surface area contributed by atoms with Gasteiger partial charge < -0.3 is 4.74 Å². The van der Waals surface area contributed by atoms with Crippen molar-refractivity contribution >= 4 is 6.21 Å². The van der Waals surface area contributed by atoms with E-state index in [-0.39, 0.29) is 0 Å². The summed E-state index contributed by atoms with van der Waals surface area (Å²) >= 11 is 0. The van der Waals surface area contributed by atoms with Gasteiger partial charge in [-0.25, -0.2) is 0 Å². The van der Waals surface area contributed by atoms with Crippen molar-refractivity contribution in [2.75, 3.05) is 19.8 Å². The van der Waals surface area contributed by atoms with Crippen LogP contribution in [0, 0.1) is 0 Å². The van der Waals surface area contributed by atoms with E-state index in [2.05, 4.69) is 11.2 Å². The fourth-order valence-electron chi connectivity index (χ4n) is 0.353. The maximum Gasteiger partial charge on any atom is 0.0903 e. The highest BCUT2D eigenvalue weighted by Crippen LogP contribution is 1.79. The smallest absolute Gasteiger partial charge is 0.0903 e. The van der Waals surface area contributed by atoms with E-state index >= 15 is 0 Å². The van der Waals surface area contributed by atoms with Crippen molar-refractivity contribution in [3.63, 3.8) is 0 Å². The average molecular weight is 84.1 g/mol. The second kappa shape index (κ2) is 1.92. The Balaban J connectivity index is 2.26. The number of hydrogen-bond acceptors (Lipinski definition) is 2. The molecular weight excluding hydrogens is 78.0 g/mol. The summed E-state index contributed by atoms with van der Waals surface area (Å²) in [5.74, 6) is 0. The lowest BCUT2D eigenvalue weighted by molar-refractivity contribution is 0.174. The summed E-state index contributed by atoms with van der Waals surface area (Å²) in [6, 6.07) is 0. The summed E-state index contributed by atoms with van der Waals surface area (Å²) < 4.78 is 4.86. The van der Waals surface area contributed by atoms with Crippen molar-refractivity contribution in [1.29, 1.82) is 0 Å². The molecule has 0 aromatic rings. The highest BCUT2D eigenvalue weighted by atomic mass is 16.5. The third-order valence-corrected chi connectivity index (χ3v) is 0.626. The maximum atomic E-state index is 4.86. The van der Waals surface area contributed by atoms with Gasteiger partial charge >= 0.3 is 0 Å². The van der Waals surface area contributed by atoms with Gasteiger partial charge in [0, 0.05) is 0 Å². The van der Waals surface area contributed by atoms with E-state index in [1.165, 1.54) is 0 Å². The van der Waals surface area contributed by atoms with E-state index in [9.17, 15) is 0 Å². The Morgan fingerprint density at radius 3 is 2.83 bits per heavy atom. The molecule has 0 bridgehead atoms. The third-order valence-electron chi connectivity index (χ3n) is 0.626. The van der Waals surface area contributed by atoms with E-state index < -0.39 is 0 Å². The Hall–Kier alpha value is -0.370. The largest absolute Gasteiger partial charge is 0.373 e. The van der Waals surface area contributed by atoms with Gasteiger partial charge in [-0.15, -0.1) is 0 Å². The van der Waals surface area contributed by atoms with E-state index in [0.717, 1.165) is 13.2 Å². The molecule has 2 nitrogen and oxygen atoms in total. The van der Waals surface area contributed by atoms with Crippen LogP contribution in [-0.4, -0.2) is 26.0 Å². The van der Waals surface area contributed by atoms with Crippen LogP contribution in [0.4, 0.5) is 0 Å². The first kappa shape index (κ1) is 3.81. The standard InChI is InChI=1S/C4H6NO/c1-3-6-4-2-5-1/h1,3-4H2. The van der Waals surface area contributed by atoms with Crippen molar-refractivity contribution in [1.82, 2.24) is 0 Å². The van der Waals surface area contributed by atoms with Crippen LogP contribution in [0.1, 0.15) is 0 Å². The molecule has 0 atom stereocenters. The van der Waals surface area contributed by atoms with Gasteiger partial charge in [0.2, 0.25) is 0 Å². The number of nitrogens with zero attached hydrogens (tertiary/aromatic N) is 1. The van der Waals surface area contributed by atoms with Crippen molar-refractivity contribution in [2.24, 2.45) is 4.99 Å². The Morgan fingerprint density at radius 2 is 2.67 bits per heavy atom. The van der Waals surface area contributed by atoms with Gasteiger partial charge in [-0.2, -0.15) is 0 Å². The Kier molecular flexibility index (Phi) is 1.22. The first-order valence-electron chi connectivity index (χ1n) is 1.97. The molecule has 1 radical (unpaired) electrons. The second-order valence-corrected chi connectivity index (χ2v) is 1.09. The van der Waals surface area contributed by atoms with Gasteiger partial charge in [-0.1, -0.05) is 0 Å². The van der Waals surface area contributed by atoms with Crippen molar-refractivity contribution in [2.45, 2.75) is 0 Å². The summed E-state index contributed by atoms with van der Waals surface area (Å²) in [6.45, 7) is 2.15. The normalized spacial score (nSPS) is 21.3. The van der Waals surface area contributed by atoms with Gasteiger partial charge in [-0.05, 0) is 0 Å². The van der Waals surface area contributed by atoms with Crippen LogP contribution in [0.3, 0.4) is 0 Å². The summed E-state index contributed by atoms with van der Waals surface area (Å²) in [7, 11) is 0. The Labute approximate surface area is 36.8 Å². The number of rotatable bonds is 0. The van der Waals surface area contributed by atoms with E-state index in [1.807, 2.05) is 0 Å². The molecule has 0 aliphatic carbocycles. The minimum Gasteiger partial charge on any atom is -0.373 e. The molecule has 0 N–H and O–H groups in total. The number of aliphatic imine (C=N–C) groups is 1. The summed E-state index contributed by atoms with van der Waals surface area (Å²) in [6.07, 6.45) is 2.69. The molecule has 1 heterocycles. The van der Waals surface area contributed by atoms with Crippen molar-refractivity contribution < 1.29 is 4.74 Å². The molecule has 0 saturated carbocycles. The molecule has 0 fully saturated rings. The summed E-state index contributed by atoms with van der Waals surface area (Å²) in [5, 5.41) is 0. The Bertz CT molecular complexity index is 52.6. The predicted octanol–water partition coefficient (Wildman–Crippen LogP) is -0.0356. The number of ether oxygens (including phenoxy) is 1. The fourth-order valence-corrected chi connectivity index (χ4v) is 0.353. The maximum absolute atomic E-state index is 4.86. The minimum absolute atomic E-state index is 0.583. The molecule has 0 spiro atoms. The quantitative estimate of drug-likeness (QED) is 0.403. The first-order valence-corrected chi connectivity index (χ1v) is 1.97. The zero-order valence-corrected chi connectivity index (χ0v) is 3.48. The predicted molar refractivity (Wildman–Crippen MR) is 23.1 cm³/mol. The van der Waals surface area contributed by atoms with Gasteiger partial charge in [0.15, 0.2) is 0 Å². The lowest BCUT2D eigenvalue weighted by Gasteiger charge is -1.99. The molecule has 2 heteroatoms. The van der Waals surface area contributed by atoms with Crippen molar-refractivity contribution in [3.8, 4) is 0 Å². The van der Waals surface area contributed by atoms with Crippen LogP contribution in [0.25, 0.3) is 0 Å². The van der Waals surface area contributed by atoms with Gasteiger partial charge in [-0.3, -0.25) is 4.99 Å². The minimum atomic E-state index is 0.583. The monoisotopic (exact) mass is 84.0 g/mol. The lowest BCUT2D eigenvalue weighted by atomic mass is 10.6.